The van der Waals surface area contributed by atoms with Crippen molar-refractivity contribution >= 4 is 5.97 Å². The van der Waals surface area contributed by atoms with Crippen LogP contribution < -0.4 is 0 Å². The summed E-state index contributed by atoms with van der Waals surface area (Å²) in [6.07, 6.45) is 0.611. The van der Waals surface area contributed by atoms with Gasteiger partial charge in [-0.25, -0.2) is 0 Å². The van der Waals surface area contributed by atoms with Gasteiger partial charge in [-0.2, -0.15) is 0 Å². The normalized spacial score (nSPS) is 12.3. The Morgan fingerprint density at radius 2 is 1.52 bits per heavy atom. The minimum Gasteiger partial charge on any atom is -0.507 e. The number of hydrogen-bond acceptors (Lipinski definition) is 4. The molecule has 1 aromatic rings. The fraction of sp³-hybridized carbons (Fsp3) is 0.632. The van der Waals surface area contributed by atoms with E-state index in [1.54, 1.807) is 0 Å². The number of ether oxygens (including phenoxy) is 1. The van der Waals surface area contributed by atoms with Gasteiger partial charge in [0.15, 0.2) is 0 Å². The third kappa shape index (κ3) is 5.54. The number of phenols is 1. The molecule has 0 saturated heterocycles. The molecule has 0 unspecified atom stereocenters. The molecule has 0 radical (unpaired) electrons. The number of carbonyl (C=O) groups excluding carboxylic acids is 1. The van der Waals surface area contributed by atoms with Gasteiger partial charge in [0.2, 0.25) is 0 Å². The lowest BCUT2D eigenvalue weighted by Gasteiger charge is -2.28. The van der Waals surface area contributed by atoms with Gasteiger partial charge in [0.1, 0.15) is 5.75 Å². The minimum absolute atomic E-state index is 0.00876. The first-order valence-electron chi connectivity index (χ1n) is 8.10. The van der Waals surface area contributed by atoms with Crippen LogP contribution in [0.1, 0.15) is 64.7 Å². The quantitative estimate of drug-likeness (QED) is 0.643. The van der Waals surface area contributed by atoms with Crippen molar-refractivity contribution in [3.8, 4) is 5.75 Å². The summed E-state index contributed by atoms with van der Waals surface area (Å²) in [5.41, 5.74) is 2.07. The highest BCUT2D eigenvalue weighted by atomic mass is 16.5. The molecule has 4 nitrogen and oxygen atoms in total. The molecular formula is C19H30O4. The van der Waals surface area contributed by atoms with Crippen LogP contribution in [-0.2, 0) is 26.8 Å². The number of benzene rings is 1. The molecule has 0 spiro atoms. The molecule has 0 aromatic heterocycles. The van der Waals surface area contributed by atoms with E-state index in [4.69, 9.17) is 9.84 Å². The predicted molar refractivity (Wildman–Crippen MR) is 91.9 cm³/mol. The highest BCUT2D eigenvalue weighted by Gasteiger charge is 2.26. The number of aliphatic hydroxyl groups is 1. The fourth-order valence-corrected chi connectivity index (χ4v) is 2.41. The maximum atomic E-state index is 11.9. The Morgan fingerprint density at radius 1 is 1.04 bits per heavy atom. The largest absolute Gasteiger partial charge is 0.507 e. The van der Waals surface area contributed by atoms with Crippen molar-refractivity contribution in [3.63, 3.8) is 0 Å². The maximum Gasteiger partial charge on any atom is 0.310 e. The molecule has 0 aliphatic heterocycles. The Morgan fingerprint density at radius 3 is 1.91 bits per heavy atom. The van der Waals surface area contributed by atoms with Crippen LogP contribution in [0.25, 0.3) is 0 Å². The zero-order valence-corrected chi connectivity index (χ0v) is 15.2. The van der Waals surface area contributed by atoms with E-state index in [0.29, 0.717) is 12.2 Å². The van der Waals surface area contributed by atoms with E-state index in [1.165, 1.54) is 0 Å². The van der Waals surface area contributed by atoms with Gasteiger partial charge in [-0.3, -0.25) is 4.79 Å². The molecule has 23 heavy (non-hydrogen) atoms. The molecule has 130 valence electrons. The zero-order chi connectivity index (χ0) is 17.8. The first kappa shape index (κ1) is 19.5. The summed E-state index contributed by atoms with van der Waals surface area (Å²) in [4.78, 5) is 11.9. The Balaban J connectivity index is 3.16. The van der Waals surface area contributed by atoms with Gasteiger partial charge >= 0.3 is 5.97 Å². The topological polar surface area (TPSA) is 66.8 Å². The molecule has 0 atom stereocenters. The third-order valence-electron chi connectivity index (χ3n) is 3.70. The molecule has 1 aromatic carbocycles. The number of aliphatic hydroxyl groups excluding tert-OH is 1. The predicted octanol–water partition coefficient (Wildman–Crippen LogP) is 3.46. The number of rotatable bonds is 5. The standard InChI is InChI=1S/C19H30O4/c1-18(2,3)14-10-13(12-16(21)23-9-7-8-20)11-15(17(14)22)19(4,5)6/h10-11,20,22H,7-9,12H2,1-6H3. The van der Waals surface area contributed by atoms with Crippen LogP contribution in [0.2, 0.25) is 0 Å². The van der Waals surface area contributed by atoms with Gasteiger partial charge in [-0.15, -0.1) is 0 Å². The van der Waals surface area contributed by atoms with E-state index in [0.717, 1.165) is 16.7 Å². The van der Waals surface area contributed by atoms with Crippen LogP contribution in [0.3, 0.4) is 0 Å². The van der Waals surface area contributed by atoms with E-state index in [2.05, 4.69) is 0 Å². The van der Waals surface area contributed by atoms with E-state index in [-0.39, 0.29) is 36.4 Å². The molecule has 0 aliphatic rings. The van der Waals surface area contributed by atoms with Crippen LogP contribution >= 0.6 is 0 Å². The van der Waals surface area contributed by atoms with Crippen molar-refractivity contribution in [3.05, 3.63) is 28.8 Å². The molecule has 0 fully saturated rings. The Kier molecular flexibility index (Phi) is 6.23. The third-order valence-corrected chi connectivity index (χ3v) is 3.70. The lowest BCUT2D eigenvalue weighted by atomic mass is 9.78. The van der Waals surface area contributed by atoms with Crippen molar-refractivity contribution in [1.82, 2.24) is 0 Å². The molecule has 2 N–H and O–H groups in total. The smallest absolute Gasteiger partial charge is 0.310 e. The second-order valence-corrected chi connectivity index (χ2v) is 8.01. The first-order valence-corrected chi connectivity index (χ1v) is 8.10. The molecule has 4 heteroatoms. The van der Waals surface area contributed by atoms with E-state index in [9.17, 15) is 9.90 Å². The van der Waals surface area contributed by atoms with Crippen LogP contribution in [0, 0.1) is 0 Å². The lowest BCUT2D eigenvalue weighted by molar-refractivity contribution is -0.143. The lowest BCUT2D eigenvalue weighted by Crippen LogP contribution is -2.19. The summed E-state index contributed by atoms with van der Waals surface area (Å²) >= 11 is 0. The van der Waals surface area contributed by atoms with Crippen molar-refractivity contribution in [2.24, 2.45) is 0 Å². The average Bonchev–Trinajstić information content (AvgIpc) is 2.38. The van der Waals surface area contributed by atoms with Crippen molar-refractivity contribution in [2.45, 2.75) is 65.2 Å². The maximum absolute atomic E-state index is 11.9. The van der Waals surface area contributed by atoms with Crippen molar-refractivity contribution < 1.29 is 19.7 Å². The fourth-order valence-electron chi connectivity index (χ4n) is 2.41. The van der Waals surface area contributed by atoms with Gasteiger partial charge in [-0.1, -0.05) is 53.7 Å². The van der Waals surface area contributed by atoms with Gasteiger partial charge in [0.05, 0.1) is 13.0 Å². The molecule has 0 aliphatic carbocycles. The van der Waals surface area contributed by atoms with Crippen LogP contribution in [0.5, 0.6) is 5.75 Å². The highest BCUT2D eigenvalue weighted by molar-refractivity contribution is 5.73. The molecule has 1 rings (SSSR count). The molecular weight excluding hydrogens is 292 g/mol. The zero-order valence-electron chi connectivity index (χ0n) is 15.2. The van der Waals surface area contributed by atoms with Gasteiger partial charge < -0.3 is 14.9 Å². The number of hydrogen-bond donors (Lipinski definition) is 2. The second kappa shape index (κ2) is 7.35. The van der Waals surface area contributed by atoms with Crippen LogP contribution in [0.15, 0.2) is 12.1 Å². The second-order valence-electron chi connectivity index (χ2n) is 8.01. The summed E-state index contributed by atoms with van der Waals surface area (Å²) in [5.74, 6) is -0.00810. The number of phenolic OH excluding ortho intramolecular Hbond substituents is 1. The summed E-state index contributed by atoms with van der Waals surface area (Å²) in [5, 5.41) is 19.4. The van der Waals surface area contributed by atoms with E-state index < -0.39 is 0 Å². The van der Waals surface area contributed by atoms with Gasteiger partial charge in [0, 0.05) is 13.0 Å². The summed E-state index contributed by atoms with van der Waals surface area (Å²) < 4.78 is 5.11. The Hall–Kier alpha value is -1.55. The molecule has 0 heterocycles. The minimum atomic E-state index is -0.316. The van der Waals surface area contributed by atoms with Gasteiger partial charge in [0.25, 0.3) is 0 Å². The Bertz CT molecular complexity index is 512. The molecule has 0 saturated carbocycles. The average molecular weight is 322 g/mol. The molecule has 0 bridgehead atoms. The van der Waals surface area contributed by atoms with E-state index in [1.807, 2.05) is 53.7 Å². The van der Waals surface area contributed by atoms with Crippen molar-refractivity contribution in [1.29, 1.82) is 0 Å². The van der Waals surface area contributed by atoms with Crippen molar-refractivity contribution in [2.75, 3.05) is 13.2 Å². The summed E-state index contributed by atoms with van der Waals surface area (Å²) in [7, 11) is 0. The summed E-state index contributed by atoms with van der Waals surface area (Å²) in [6.45, 7) is 12.5. The SMILES string of the molecule is CC(C)(C)c1cc(CC(=O)OCCCO)cc(C(C)(C)C)c1O. The number of carbonyl (C=O) groups is 1. The number of aromatic hydroxyl groups is 1. The monoisotopic (exact) mass is 322 g/mol. The highest BCUT2D eigenvalue weighted by Crippen LogP contribution is 2.39. The Labute approximate surface area is 139 Å². The van der Waals surface area contributed by atoms with Crippen LogP contribution in [0.4, 0.5) is 0 Å². The number of esters is 1. The first-order chi connectivity index (χ1) is 10.5. The molecule has 0 amide bonds. The van der Waals surface area contributed by atoms with E-state index >= 15 is 0 Å². The van der Waals surface area contributed by atoms with Crippen LogP contribution in [-0.4, -0.2) is 29.4 Å². The van der Waals surface area contributed by atoms with Gasteiger partial charge in [-0.05, 0) is 27.5 Å². The summed E-state index contributed by atoms with van der Waals surface area (Å²) in [6, 6.07) is 3.77.